The van der Waals surface area contributed by atoms with E-state index in [1.165, 1.54) is 4.57 Å². The van der Waals surface area contributed by atoms with Crippen molar-refractivity contribution in [2.45, 2.75) is 38.5 Å². The lowest BCUT2D eigenvalue weighted by Crippen LogP contribution is -2.41. The Labute approximate surface area is 111 Å². The van der Waals surface area contributed by atoms with Crippen LogP contribution in [-0.2, 0) is 16.1 Å². The quantitative estimate of drug-likeness (QED) is 0.828. The third kappa shape index (κ3) is 3.35. The topological polar surface area (TPSA) is 80.6 Å². The number of rotatable bonds is 5. The van der Waals surface area contributed by atoms with Gasteiger partial charge in [-0.15, -0.1) is 0 Å². The number of amides is 1. The number of nitrogens with one attached hydrogen (secondary N) is 1. The third-order valence-corrected chi connectivity index (χ3v) is 3.25. The Morgan fingerprint density at radius 3 is 3.05 bits per heavy atom. The third-order valence-electron chi connectivity index (χ3n) is 3.25. The molecule has 2 atom stereocenters. The Hall–Kier alpha value is -1.82. The molecule has 0 radical (unpaired) electrons. The smallest absolute Gasteiger partial charge is 0.323 e. The van der Waals surface area contributed by atoms with E-state index in [1.54, 1.807) is 18.3 Å². The predicted octanol–water partition coefficient (Wildman–Crippen LogP) is 0.870. The molecule has 19 heavy (non-hydrogen) atoms. The highest BCUT2D eigenvalue weighted by molar-refractivity contribution is 5.93. The molecule has 0 aromatic carbocycles. The van der Waals surface area contributed by atoms with Gasteiger partial charge in [-0.2, -0.15) is 0 Å². The molecular weight excluding hydrogens is 248 g/mol. The Kier molecular flexibility index (Phi) is 4.21. The molecule has 0 aliphatic carbocycles. The van der Waals surface area contributed by atoms with Gasteiger partial charge >= 0.3 is 5.97 Å². The van der Waals surface area contributed by atoms with Crippen molar-refractivity contribution in [1.82, 2.24) is 9.88 Å². The van der Waals surface area contributed by atoms with Gasteiger partial charge in [-0.3, -0.25) is 9.59 Å². The summed E-state index contributed by atoms with van der Waals surface area (Å²) < 4.78 is 6.93. The minimum Gasteiger partial charge on any atom is -0.480 e. The van der Waals surface area contributed by atoms with Gasteiger partial charge in [-0.25, -0.2) is 0 Å². The summed E-state index contributed by atoms with van der Waals surface area (Å²) in [6.45, 7) is 2.42. The molecule has 2 unspecified atom stereocenters. The number of aliphatic carboxylic acids is 1. The number of carbonyl (C=O) groups is 2. The van der Waals surface area contributed by atoms with Crippen molar-refractivity contribution in [2.75, 3.05) is 6.61 Å². The van der Waals surface area contributed by atoms with E-state index in [9.17, 15) is 9.59 Å². The number of carbonyl (C=O) groups excluding carboxylic acids is 1. The molecule has 6 nitrogen and oxygen atoms in total. The molecule has 6 heteroatoms. The maximum absolute atomic E-state index is 12.1. The van der Waals surface area contributed by atoms with Gasteiger partial charge in [-0.05, 0) is 31.9 Å². The van der Waals surface area contributed by atoms with Crippen molar-refractivity contribution in [3.05, 3.63) is 24.0 Å². The van der Waals surface area contributed by atoms with Crippen LogP contribution >= 0.6 is 0 Å². The molecule has 0 spiro atoms. The molecular formula is C13H18N2O4. The maximum atomic E-state index is 12.1. The van der Waals surface area contributed by atoms with E-state index in [4.69, 9.17) is 9.84 Å². The van der Waals surface area contributed by atoms with Crippen LogP contribution in [0.25, 0.3) is 0 Å². The van der Waals surface area contributed by atoms with Crippen molar-refractivity contribution in [3.8, 4) is 0 Å². The van der Waals surface area contributed by atoms with Gasteiger partial charge in [0, 0.05) is 12.8 Å². The van der Waals surface area contributed by atoms with Gasteiger partial charge in [0.2, 0.25) is 0 Å². The van der Waals surface area contributed by atoms with Crippen molar-refractivity contribution >= 4 is 11.9 Å². The Bertz CT molecular complexity index is 463. The summed E-state index contributed by atoms with van der Waals surface area (Å²) in [5, 5.41) is 11.6. The van der Waals surface area contributed by atoms with Crippen LogP contribution in [0.5, 0.6) is 0 Å². The van der Waals surface area contributed by atoms with Gasteiger partial charge in [0.05, 0.1) is 12.1 Å². The second kappa shape index (κ2) is 5.88. The zero-order chi connectivity index (χ0) is 13.8. The standard InChI is InChI=1S/C13H18N2O4/c1-9(11-5-3-7-19-11)14-13(18)10-4-2-6-15(10)8-12(16)17/h2,4,6,9,11H,3,5,7-8H2,1H3,(H,14,18)(H,16,17). The van der Waals surface area contributed by atoms with Crippen LogP contribution in [0.2, 0.25) is 0 Å². The van der Waals surface area contributed by atoms with E-state index in [0.717, 1.165) is 19.4 Å². The highest BCUT2D eigenvalue weighted by atomic mass is 16.5. The Morgan fingerprint density at radius 2 is 2.42 bits per heavy atom. The van der Waals surface area contributed by atoms with E-state index >= 15 is 0 Å². The summed E-state index contributed by atoms with van der Waals surface area (Å²) in [4.78, 5) is 22.8. The zero-order valence-electron chi connectivity index (χ0n) is 10.8. The van der Waals surface area contributed by atoms with Crippen LogP contribution in [0.3, 0.4) is 0 Å². The van der Waals surface area contributed by atoms with Crippen molar-refractivity contribution < 1.29 is 19.4 Å². The molecule has 2 heterocycles. The minimum absolute atomic E-state index is 0.0480. The van der Waals surface area contributed by atoms with Crippen molar-refractivity contribution in [1.29, 1.82) is 0 Å². The SMILES string of the molecule is CC(NC(=O)c1cccn1CC(=O)O)C1CCCO1. The number of carboxylic acids is 1. The second-order valence-corrected chi connectivity index (χ2v) is 4.73. The maximum Gasteiger partial charge on any atom is 0.323 e. The number of hydrogen-bond acceptors (Lipinski definition) is 3. The average Bonchev–Trinajstić information content (AvgIpc) is 2.97. The Balaban J connectivity index is 1.99. The average molecular weight is 266 g/mol. The number of aromatic nitrogens is 1. The summed E-state index contributed by atoms with van der Waals surface area (Å²) in [7, 11) is 0. The van der Waals surface area contributed by atoms with E-state index < -0.39 is 5.97 Å². The lowest BCUT2D eigenvalue weighted by molar-refractivity contribution is -0.137. The first-order valence-corrected chi connectivity index (χ1v) is 6.37. The molecule has 2 N–H and O–H groups in total. The molecule has 2 rings (SSSR count). The predicted molar refractivity (Wildman–Crippen MR) is 68.0 cm³/mol. The fourth-order valence-corrected chi connectivity index (χ4v) is 2.27. The summed E-state index contributed by atoms with van der Waals surface area (Å²) in [6, 6.07) is 3.19. The van der Waals surface area contributed by atoms with E-state index in [0.29, 0.717) is 5.69 Å². The number of nitrogens with zero attached hydrogens (tertiary/aromatic N) is 1. The van der Waals surface area contributed by atoms with Gasteiger partial charge in [0.25, 0.3) is 5.91 Å². The molecule has 1 aromatic heterocycles. The first-order chi connectivity index (χ1) is 9.08. The molecule has 1 aliphatic rings. The highest BCUT2D eigenvalue weighted by Crippen LogP contribution is 2.15. The molecule has 1 amide bonds. The minimum atomic E-state index is -0.975. The molecule has 1 aliphatic heterocycles. The zero-order valence-corrected chi connectivity index (χ0v) is 10.8. The summed E-state index contributed by atoms with van der Waals surface area (Å²) in [5.74, 6) is -1.24. The second-order valence-electron chi connectivity index (χ2n) is 4.73. The van der Waals surface area contributed by atoms with Crippen LogP contribution in [0.1, 0.15) is 30.3 Å². The van der Waals surface area contributed by atoms with Crippen LogP contribution in [-0.4, -0.2) is 40.3 Å². The van der Waals surface area contributed by atoms with Crippen LogP contribution in [0.15, 0.2) is 18.3 Å². The van der Waals surface area contributed by atoms with Gasteiger partial charge in [-0.1, -0.05) is 0 Å². The molecule has 1 saturated heterocycles. The van der Waals surface area contributed by atoms with E-state index in [2.05, 4.69) is 5.32 Å². The van der Waals surface area contributed by atoms with Gasteiger partial charge in [0.1, 0.15) is 12.2 Å². The molecule has 1 fully saturated rings. The monoisotopic (exact) mass is 266 g/mol. The molecule has 104 valence electrons. The highest BCUT2D eigenvalue weighted by Gasteiger charge is 2.24. The van der Waals surface area contributed by atoms with E-state index in [1.807, 2.05) is 6.92 Å². The number of carboxylic acid groups (broad SMARTS) is 1. The van der Waals surface area contributed by atoms with Crippen LogP contribution < -0.4 is 5.32 Å². The summed E-state index contributed by atoms with van der Waals surface area (Å²) in [6.07, 6.45) is 3.59. The fraction of sp³-hybridized carbons (Fsp3) is 0.538. The van der Waals surface area contributed by atoms with Gasteiger partial charge in [0.15, 0.2) is 0 Å². The number of hydrogen-bond donors (Lipinski definition) is 2. The molecule has 0 saturated carbocycles. The Morgan fingerprint density at radius 1 is 1.63 bits per heavy atom. The van der Waals surface area contributed by atoms with E-state index in [-0.39, 0.29) is 24.6 Å². The normalized spacial score (nSPS) is 20.2. The first-order valence-electron chi connectivity index (χ1n) is 6.37. The summed E-state index contributed by atoms with van der Waals surface area (Å²) >= 11 is 0. The fourth-order valence-electron chi connectivity index (χ4n) is 2.27. The van der Waals surface area contributed by atoms with Gasteiger partial charge < -0.3 is 19.7 Å². The van der Waals surface area contributed by atoms with Crippen LogP contribution in [0.4, 0.5) is 0 Å². The lowest BCUT2D eigenvalue weighted by Gasteiger charge is -2.20. The largest absolute Gasteiger partial charge is 0.480 e. The van der Waals surface area contributed by atoms with Crippen LogP contribution in [0, 0.1) is 0 Å². The van der Waals surface area contributed by atoms with Crippen molar-refractivity contribution in [2.24, 2.45) is 0 Å². The first kappa shape index (κ1) is 13.6. The summed E-state index contributed by atoms with van der Waals surface area (Å²) in [5.41, 5.74) is 0.354. The lowest BCUT2D eigenvalue weighted by atomic mass is 10.1. The molecule has 0 bridgehead atoms. The molecule has 1 aromatic rings. The van der Waals surface area contributed by atoms with Crippen molar-refractivity contribution in [3.63, 3.8) is 0 Å². The number of ether oxygens (including phenoxy) is 1.